The van der Waals surface area contributed by atoms with Crippen LogP contribution in [0.1, 0.15) is 50.8 Å². The van der Waals surface area contributed by atoms with E-state index < -0.39 is 0 Å². The summed E-state index contributed by atoms with van der Waals surface area (Å²) in [7, 11) is 2.22. The van der Waals surface area contributed by atoms with E-state index in [9.17, 15) is 5.11 Å². The van der Waals surface area contributed by atoms with Gasteiger partial charge in [-0.3, -0.25) is 4.90 Å². The molecule has 0 bridgehead atoms. The second-order valence-corrected chi connectivity index (χ2v) is 6.77. The highest BCUT2D eigenvalue weighted by molar-refractivity contribution is 5.38. The van der Waals surface area contributed by atoms with Crippen LogP contribution < -0.4 is 0 Å². The molecule has 0 radical (unpaired) electrons. The van der Waals surface area contributed by atoms with Crippen molar-refractivity contribution in [3.8, 4) is 5.75 Å². The van der Waals surface area contributed by atoms with Crippen molar-refractivity contribution in [2.24, 2.45) is 5.41 Å². The van der Waals surface area contributed by atoms with Gasteiger partial charge >= 0.3 is 0 Å². The maximum atomic E-state index is 9.59. The molecule has 0 heterocycles. The van der Waals surface area contributed by atoms with E-state index in [1.807, 2.05) is 12.1 Å². The normalized spacial score (nSPS) is 19.9. The van der Waals surface area contributed by atoms with Gasteiger partial charge < -0.3 is 5.11 Å². The highest BCUT2D eigenvalue weighted by Gasteiger charge is 2.26. The Kier molecular flexibility index (Phi) is 3.67. The van der Waals surface area contributed by atoms with Gasteiger partial charge in [-0.15, -0.1) is 0 Å². The molecule has 0 aromatic heterocycles. The molecule has 0 saturated heterocycles. The van der Waals surface area contributed by atoms with E-state index in [0.717, 1.165) is 13.0 Å². The molecular formula is C16H25NO. The molecule has 2 heteroatoms. The molecule has 1 N–H and O–H groups in total. The van der Waals surface area contributed by atoms with Gasteiger partial charge in [-0.25, -0.2) is 0 Å². The standard InChI is InChI=1S/C16H25NO/c1-16(2,3)11-17(4)15-7-5-6-12-10-13(18)8-9-14(12)15/h8-10,15,18H,5-7,11H2,1-4H3. The fourth-order valence-electron chi connectivity index (χ4n) is 3.09. The van der Waals surface area contributed by atoms with Crippen molar-refractivity contribution in [3.63, 3.8) is 0 Å². The predicted octanol–water partition coefficient (Wildman–Crippen LogP) is 3.75. The Bertz CT molecular complexity index is 420. The molecule has 1 aliphatic rings. The minimum atomic E-state index is 0.323. The van der Waals surface area contributed by atoms with E-state index in [1.54, 1.807) is 0 Å². The number of aromatic hydroxyl groups is 1. The van der Waals surface area contributed by atoms with Crippen LogP contribution >= 0.6 is 0 Å². The van der Waals surface area contributed by atoms with E-state index in [1.165, 1.54) is 24.0 Å². The molecule has 1 aromatic rings. The van der Waals surface area contributed by atoms with Gasteiger partial charge in [0.2, 0.25) is 0 Å². The number of phenols is 1. The topological polar surface area (TPSA) is 23.5 Å². The highest BCUT2D eigenvalue weighted by Crippen LogP contribution is 2.36. The first-order chi connectivity index (χ1) is 8.37. The second-order valence-electron chi connectivity index (χ2n) is 6.77. The van der Waals surface area contributed by atoms with Gasteiger partial charge in [0.25, 0.3) is 0 Å². The Balaban J connectivity index is 2.22. The molecule has 0 amide bonds. The maximum Gasteiger partial charge on any atom is 0.115 e. The van der Waals surface area contributed by atoms with Crippen LogP contribution in [0.15, 0.2) is 18.2 Å². The largest absolute Gasteiger partial charge is 0.508 e. The smallest absolute Gasteiger partial charge is 0.115 e. The SMILES string of the molecule is CN(CC(C)(C)C)C1CCCc2cc(O)ccc21. The third kappa shape index (κ3) is 3.05. The van der Waals surface area contributed by atoms with Gasteiger partial charge in [0.1, 0.15) is 5.75 Å². The van der Waals surface area contributed by atoms with Crippen LogP contribution in [0.25, 0.3) is 0 Å². The molecule has 2 rings (SSSR count). The number of benzene rings is 1. The lowest BCUT2D eigenvalue weighted by atomic mass is 9.85. The molecule has 0 spiro atoms. The van der Waals surface area contributed by atoms with Crippen molar-refractivity contribution in [1.82, 2.24) is 4.90 Å². The summed E-state index contributed by atoms with van der Waals surface area (Å²) < 4.78 is 0. The summed E-state index contributed by atoms with van der Waals surface area (Å²) >= 11 is 0. The van der Waals surface area contributed by atoms with E-state index in [-0.39, 0.29) is 0 Å². The zero-order valence-corrected chi connectivity index (χ0v) is 12.0. The number of rotatable bonds is 2. The van der Waals surface area contributed by atoms with Gasteiger partial charge in [-0.2, -0.15) is 0 Å². The molecule has 0 saturated carbocycles. The lowest BCUT2D eigenvalue weighted by molar-refractivity contribution is 0.158. The third-order valence-electron chi connectivity index (χ3n) is 3.67. The minimum Gasteiger partial charge on any atom is -0.508 e. The summed E-state index contributed by atoms with van der Waals surface area (Å²) in [6.45, 7) is 7.94. The number of hydrogen-bond donors (Lipinski definition) is 1. The monoisotopic (exact) mass is 247 g/mol. The van der Waals surface area contributed by atoms with Crippen LogP contribution in [0, 0.1) is 5.41 Å². The quantitative estimate of drug-likeness (QED) is 0.860. The zero-order chi connectivity index (χ0) is 13.3. The van der Waals surface area contributed by atoms with Gasteiger partial charge in [0, 0.05) is 12.6 Å². The Morgan fingerprint density at radius 3 is 2.72 bits per heavy atom. The zero-order valence-electron chi connectivity index (χ0n) is 12.0. The Labute approximate surface area is 111 Å². The molecule has 1 aromatic carbocycles. The molecule has 2 nitrogen and oxygen atoms in total. The molecule has 1 unspecified atom stereocenters. The van der Waals surface area contributed by atoms with Crippen LogP contribution in [0.3, 0.4) is 0 Å². The van der Waals surface area contributed by atoms with Crippen molar-refractivity contribution in [2.45, 2.75) is 46.1 Å². The van der Waals surface area contributed by atoms with Crippen molar-refractivity contribution in [3.05, 3.63) is 29.3 Å². The molecule has 100 valence electrons. The number of nitrogens with zero attached hydrogens (tertiary/aromatic N) is 1. The average Bonchev–Trinajstić information content (AvgIpc) is 2.25. The van der Waals surface area contributed by atoms with Gasteiger partial charge in [0.15, 0.2) is 0 Å². The lowest BCUT2D eigenvalue weighted by Crippen LogP contribution is -2.34. The maximum absolute atomic E-state index is 9.59. The molecule has 0 fully saturated rings. The first kappa shape index (κ1) is 13.4. The number of fused-ring (bicyclic) bond motifs is 1. The van der Waals surface area contributed by atoms with E-state index >= 15 is 0 Å². The first-order valence-electron chi connectivity index (χ1n) is 6.89. The molecule has 0 aliphatic heterocycles. The molecule has 1 aliphatic carbocycles. The summed E-state index contributed by atoms with van der Waals surface area (Å²) in [5.41, 5.74) is 3.06. The van der Waals surface area contributed by atoms with Gasteiger partial charge in [0.05, 0.1) is 0 Å². The van der Waals surface area contributed by atoms with Crippen LogP contribution in [0.2, 0.25) is 0 Å². The summed E-state index contributed by atoms with van der Waals surface area (Å²) in [6.07, 6.45) is 3.55. The van der Waals surface area contributed by atoms with E-state index in [4.69, 9.17) is 0 Å². The first-order valence-corrected chi connectivity index (χ1v) is 6.89. The molecule has 18 heavy (non-hydrogen) atoms. The summed E-state index contributed by atoms with van der Waals surface area (Å²) in [5.74, 6) is 0.396. The Morgan fingerprint density at radius 2 is 2.06 bits per heavy atom. The molecule has 1 atom stereocenters. The summed E-state index contributed by atoms with van der Waals surface area (Å²) in [5, 5.41) is 9.59. The highest BCUT2D eigenvalue weighted by atomic mass is 16.3. The van der Waals surface area contributed by atoms with Crippen molar-refractivity contribution >= 4 is 0 Å². The van der Waals surface area contributed by atoms with Crippen LogP contribution in [0.4, 0.5) is 0 Å². The van der Waals surface area contributed by atoms with Crippen LogP contribution in [0.5, 0.6) is 5.75 Å². The lowest BCUT2D eigenvalue weighted by Gasteiger charge is -2.37. The Hall–Kier alpha value is -1.02. The average molecular weight is 247 g/mol. The number of phenolic OH excluding ortho intramolecular Hbond substituents is 1. The minimum absolute atomic E-state index is 0.323. The van der Waals surface area contributed by atoms with Crippen LogP contribution in [-0.4, -0.2) is 23.6 Å². The third-order valence-corrected chi connectivity index (χ3v) is 3.67. The van der Waals surface area contributed by atoms with Crippen molar-refractivity contribution in [1.29, 1.82) is 0 Å². The predicted molar refractivity (Wildman–Crippen MR) is 75.9 cm³/mol. The molecular weight excluding hydrogens is 222 g/mol. The number of aryl methyl sites for hydroxylation is 1. The number of hydrogen-bond acceptors (Lipinski definition) is 2. The van der Waals surface area contributed by atoms with E-state index in [0.29, 0.717) is 17.2 Å². The summed E-state index contributed by atoms with van der Waals surface area (Å²) in [4.78, 5) is 2.47. The fourth-order valence-corrected chi connectivity index (χ4v) is 3.09. The van der Waals surface area contributed by atoms with E-state index in [2.05, 4.69) is 38.8 Å². The Morgan fingerprint density at radius 1 is 1.33 bits per heavy atom. The summed E-state index contributed by atoms with van der Waals surface area (Å²) in [6, 6.07) is 6.37. The van der Waals surface area contributed by atoms with Gasteiger partial charge in [-0.05, 0) is 55.0 Å². The van der Waals surface area contributed by atoms with Crippen molar-refractivity contribution in [2.75, 3.05) is 13.6 Å². The van der Waals surface area contributed by atoms with Crippen molar-refractivity contribution < 1.29 is 5.11 Å². The van der Waals surface area contributed by atoms with Gasteiger partial charge in [-0.1, -0.05) is 26.8 Å². The van der Waals surface area contributed by atoms with Crippen LogP contribution in [-0.2, 0) is 6.42 Å². The second kappa shape index (κ2) is 4.93. The fraction of sp³-hybridized carbons (Fsp3) is 0.625.